The minimum Gasteiger partial charge on any atom is -0.444 e. The molecule has 6 heteroatoms. The van der Waals surface area contributed by atoms with Gasteiger partial charge in [0.2, 0.25) is 0 Å². The van der Waals surface area contributed by atoms with E-state index >= 15 is 0 Å². The summed E-state index contributed by atoms with van der Waals surface area (Å²) in [6, 6.07) is 4.09. The normalized spacial score (nSPS) is 22.9. The van der Waals surface area contributed by atoms with Crippen LogP contribution in [-0.2, 0) is 11.2 Å². The third-order valence-electron chi connectivity index (χ3n) is 4.45. The van der Waals surface area contributed by atoms with Gasteiger partial charge in [0.05, 0.1) is 6.04 Å². The first kappa shape index (κ1) is 16.7. The molecule has 2 unspecified atom stereocenters. The van der Waals surface area contributed by atoms with Crippen molar-refractivity contribution in [2.45, 2.75) is 58.7 Å². The average Bonchev–Trinajstić information content (AvgIpc) is 2.82. The second kappa shape index (κ2) is 5.76. The summed E-state index contributed by atoms with van der Waals surface area (Å²) < 4.78 is 5.51. The van der Waals surface area contributed by atoms with Gasteiger partial charge in [-0.25, -0.2) is 9.78 Å². The Morgan fingerprint density at radius 3 is 2.58 bits per heavy atom. The van der Waals surface area contributed by atoms with Crippen molar-refractivity contribution >= 4 is 17.7 Å². The van der Waals surface area contributed by atoms with Crippen LogP contribution in [0.25, 0.3) is 0 Å². The molecular weight excluding hydrogens is 306 g/mol. The maximum atomic E-state index is 12.4. The smallest absolute Gasteiger partial charge is 0.410 e. The van der Waals surface area contributed by atoms with Gasteiger partial charge in [-0.3, -0.25) is 4.79 Å². The highest BCUT2D eigenvalue weighted by molar-refractivity contribution is 5.92. The largest absolute Gasteiger partial charge is 0.444 e. The zero-order valence-corrected chi connectivity index (χ0v) is 15.0. The molecule has 1 amide bonds. The molecule has 2 aliphatic heterocycles. The lowest BCUT2D eigenvalue weighted by Gasteiger charge is -2.43. The molecule has 0 spiro atoms. The van der Waals surface area contributed by atoms with E-state index in [1.165, 1.54) is 6.92 Å². The highest BCUT2D eigenvalue weighted by atomic mass is 16.6. The summed E-state index contributed by atoms with van der Waals surface area (Å²) in [5.74, 6) is 0.866. The first-order chi connectivity index (χ1) is 11.2. The van der Waals surface area contributed by atoms with Gasteiger partial charge in [0.15, 0.2) is 5.78 Å². The van der Waals surface area contributed by atoms with Crippen molar-refractivity contribution in [3.8, 4) is 0 Å². The molecule has 0 aliphatic carbocycles. The topological polar surface area (TPSA) is 62.7 Å². The lowest BCUT2D eigenvalue weighted by molar-refractivity contribution is 0.0191. The molecule has 1 saturated heterocycles. The molecule has 2 atom stereocenters. The van der Waals surface area contributed by atoms with E-state index in [4.69, 9.17) is 4.74 Å². The minimum atomic E-state index is -0.492. The van der Waals surface area contributed by atoms with Gasteiger partial charge in [0, 0.05) is 26.1 Å². The summed E-state index contributed by atoms with van der Waals surface area (Å²) in [5.41, 5.74) is 1.15. The van der Waals surface area contributed by atoms with Crippen LogP contribution in [0.2, 0.25) is 0 Å². The second-order valence-electron chi connectivity index (χ2n) is 7.73. The third kappa shape index (κ3) is 3.09. The second-order valence-corrected chi connectivity index (χ2v) is 7.73. The van der Waals surface area contributed by atoms with E-state index in [0.717, 1.165) is 17.8 Å². The Labute approximate surface area is 142 Å². The number of anilines is 1. The van der Waals surface area contributed by atoms with E-state index in [1.807, 2.05) is 26.8 Å². The molecule has 3 heterocycles. The van der Waals surface area contributed by atoms with E-state index in [0.29, 0.717) is 18.8 Å². The quantitative estimate of drug-likeness (QED) is 0.740. The molecule has 0 N–H and O–H groups in total. The summed E-state index contributed by atoms with van der Waals surface area (Å²) in [7, 11) is 0. The number of hydrogen-bond acceptors (Lipinski definition) is 5. The maximum absolute atomic E-state index is 12.4. The highest BCUT2D eigenvalue weighted by Gasteiger charge is 2.41. The Morgan fingerprint density at radius 1 is 1.25 bits per heavy atom. The number of fused-ring (bicyclic) bond motifs is 3. The van der Waals surface area contributed by atoms with Crippen molar-refractivity contribution in [2.24, 2.45) is 0 Å². The van der Waals surface area contributed by atoms with E-state index < -0.39 is 5.60 Å². The lowest BCUT2D eigenvalue weighted by Crippen LogP contribution is -2.58. The molecule has 0 bridgehead atoms. The Hall–Kier alpha value is -2.11. The third-order valence-corrected chi connectivity index (χ3v) is 4.45. The number of hydrogen-bond donors (Lipinski definition) is 0. The van der Waals surface area contributed by atoms with E-state index in [1.54, 1.807) is 11.0 Å². The van der Waals surface area contributed by atoms with Gasteiger partial charge < -0.3 is 14.5 Å². The fourth-order valence-electron chi connectivity index (χ4n) is 3.51. The van der Waals surface area contributed by atoms with Gasteiger partial charge in [-0.2, -0.15) is 0 Å². The predicted molar refractivity (Wildman–Crippen MR) is 91.5 cm³/mol. The van der Waals surface area contributed by atoms with Gasteiger partial charge in [-0.1, -0.05) is 6.07 Å². The van der Waals surface area contributed by atoms with Gasteiger partial charge in [-0.05, 0) is 45.7 Å². The molecule has 3 rings (SSSR count). The first-order valence-electron chi connectivity index (χ1n) is 8.43. The molecule has 1 fully saturated rings. The fraction of sp³-hybridized carbons (Fsp3) is 0.611. The molecule has 0 saturated carbocycles. The number of carbonyl (C=O) groups is 2. The number of rotatable bonds is 1. The fourth-order valence-corrected chi connectivity index (χ4v) is 3.51. The summed E-state index contributed by atoms with van der Waals surface area (Å²) in [6.45, 7) is 10.5. The summed E-state index contributed by atoms with van der Waals surface area (Å²) in [5, 5.41) is 0. The standard InChI is InChI=1S/C18H25N3O3/c1-11-9-20(17(23)24-18(3,4)5)10-14-8-13-6-7-15(12(2)22)19-16(13)21(11)14/h6-7,11,14H,8-10H2,1-5H3. The van der Waals surface area contributed by atoms with Gasteiger partial charge in [-0.15, -0.1) is 0 Å². The Morgan fingerprint density at radius 2 is 1.96 bits per heavy atom. The molecule has 130 valence electrons. The number of aromatic nitrogens is 1. The molecule has 1 aromatic rings. The molecule has 6 nitrogen and oxygen atoms in total. The van der Waals surface area contributed by atoms with Crippen LogP contribution in [0.1, 0.15) is 50.7 Å². The molecule has 2 aliphatic rings. The lowest BCUT2D eigenvalue weighted by atomic mass is 10.1. The minimum absolute atomic E-state index is 0.0266. The molecule has 1 aromatic heterocycles. The molecule has 0 radical (unpaired) electrons. The van der Waals surface area contributed by atoms with Crippen LogP contribution in [0.15, 0.2) is 12.1 Å². The Kier molecular flexibility index (Phi) is 4.01. The number of piperazine rings is 1. The van der Waals surface area contributed by atoms with Crippen LogP contribution in [0, 0.1) is 0 Å². The Bertz CT molecular complexity index is 681. The van der Waals surface area contributed by atoms with Crippen LogP contribution in [0.4, 0.5) is 10.6 Å². The average molecular weight is 331 g/mol. The zero-order valence-electron chi connectivity index (χ0n) is 15.0. The van der Waals surface area contributed by atoms with Crippen molar-refractivity contribution in [3.05, 3.63) is 23.4 Å². The van der Waals surface area contributed by atoms with Crippen LogP contribution >= 0.6 is 0 Å². The molecular formula is C18H25N3O3. The van der Waals surface area contributed by atoms with Crippen molar-refractivity contribution in [3.63, 3.8) is 0 Å². The predicted octanol–water partition coefficient (Wildman–Crippen LogP) is 2.65. The van der Waals surface area contributed by atoms with E-state index in [-0.39, 0.29) is 24.0 Å². The molecule has 0 aromatic carbocycles. The number of nitrogens with zero attached hydrogens (tertiary/aromatic N) is 3. The van der Waals surface area contributed by atoms with Gasteiger partial charge >= 0.3 is 6.09 Å². The van der Waals surface area contributed by atoms with Crippen molar-refractivity contribution in [2.75, 3.05) is 18.0 Å². The number of Topliss-reactive ketones (excluding diaryl/α,β-unsaturated/α-hetero) is 1. The van der Waals surface area contributed by atoms with E-state index in [2.05, 4.69) is 16.8 Å². The maximum Gasteiger partial charge on any atom is 0.410 e. The van der Waals surface area contributed by atoms with Crippen molar-refractivity contribution in [1.82, 2.24) is 9.88 Å². The first-order valence-corrected chi connectivity index (χ1v) is 8.43. The van der Waals surface area contributed by atoms with Gasteiger partial charge in [0.25, 0.3) is 0 Å². The van der Waals surface area contributed by atoms with Crippen LogP contribution in [0.5, 0.6) is 0 Å². The number of amides is 1. The monoisotopic (exact) mass is 331 g/mol. The number of ether oxygens (including phenoxy) is 1. The van der Waals surface area contributed by atoms with E-state index in [9.17, 15) is 9.59 Å². The van der Waals surface area contributed by atoms with Crippen LogP contribution in [-0.4, -0.2) is 52.5 Å². The van der Waals surface area contributed by atoms with Crippen molar-refractivity contribution < 1.29 is 14.3 Å². The number of carbonyl (C=O) groups excluding carboxylic acids is 2. The summed E-state index contributed by atoms with van der Waals surface area (Å²) in [6.07, 6.45) is 0.576. The zero-order chi connectivity index (χ0) is 17.6. The molecule has 24 heavy (non-hydrogen) atoms. The van der Waals surface area contributed by atoms with Crippen molar-refractivity contribution in [1.29, 1.82) is 0 Å². The summed E-state index contributed by atoms with van der Waals surface area (Å²) in [4.78, 5) is 32.6. The highest BCUT2D eigenvalue weighted by Crippen LogP contribution is 2.35. The number of pyridine rings is 1. The Balaban J connectivity index is 1.80. The van der Waals surface area contributed by atoms with Crippen LogP contribution in [0.3, 0.4) is 0 Å². The SMILES string of the molecule is CC(=O)c1ccc2c(n1)N1C(C)CN(C(=O)OC(C)(C)C)CC1C2. The number of ketones is 1. The van der Waals surface area contributed by atoms with Gasteiger partial charge in [0.1, 0.15) is 17.1 Å². The van der Waals surface area contributed by atoms with Crippen LogP contribution < -0.4 is 4.90 Å². The summed E-state index contributed by atoms with van der Waals surface area (Å²) >= 11 is 0.